The average molecular weight is 257 g/mol. The summed E-state index contributed by atoms with van der Waals surface area (Å²) in [6.07, 6.45) is 3.54. The first-order valence-corrected chi connectivity index (χ1v) is 6.50. The first kappa shape index (κ1) is 12.1. The Balaban J connectivity index is 1.96. The summed E-state index contributed by atoms with van der Waals surface area (Å²) < 4.78 is 14.0. The highest BCUT2D eigenvalue weighted by atomic mass is 19.1. The molecular formula is C15H16FN3. The SMILES string of the molecule is Fc1ccc(-c2cccnc2)cc1N1CCNCC1. The van der Waals surface area contributed by atoms with Gasteiger partial charge >= 0.3 is 0 Å². The second-order valence-corrected chi connectivity index (χ2v) is 4.64. The fraction of sp³-hybridized carbons (Fsp3) is 0.267. The minimum absolute atomic E-state index is 0.158. The van der Waals surface area contributed by atoms with Crippen LogP contribution in [0, 0.1) is 5.82 Å². The van der Waals surface area contributed by atoms with E-state index < -0.39 is 0 Å². The molecule has 1 saturated heterocycles. The van der Waals surface area contributed by atoms with Crippen LogP contribution in [0.15, 0.2) is 42.7 Å². The molecule has 3 nitrogen and oxygen atoms in total. The van der Waals surface area contributed by atoms with Gasteiger partial charge in [0.15, 0.2) is 0 Å². The number of pyridine rings is 1. The van der Waals surface area contributed by atoms with Gasteiger partial charge in [-0.1, -0.05) is 12.1 Å². The molecule has 2 aromatic rings. The lowest BCUT2D eigenvalue weighted by Crippen LogP contribution is -2.43. The molecule has 1 aromatic heterocycles. The Bertz CT molecular complexity index is 551. The molecule has 19 heavy (non-hydrogen) atoms. The van der Waals surface area contributed by atoms with Crippen molar-refractivity contribution in [3.05, 3.63) is 48.5 Å². The molecule has 0 atom stereocenters. The third-order valence-electron chi connectivity index (χ3n) is 3.40. The first-order chi connectivity index (χ1) is 9.34. The van der Waals surface area contributed by atoms with Crippen LogP contribution in [-0.2, 0) is 0 Å². The van der Waals surface area contributed by atoms with E-state index in [1.54, 1.807) is 24.5 Å². The van der Waals surface area contributed by atoms with E-state index in [2.05, 4.69) is 15.2 Å². The highest BCUT2D eigenvalue weighted by Gasteiger charge is 2.15. The zero-order valence-corrected chi connectivity index (χ0v) is 10.6. The second-order valence-electron chi connectivity index (χ2n) is 4.64. The molecule has 98 valence electrons. The van der Waals surface area contributed by atoms with Gasteiger partial charge in [-0.25, -0.2) is 4.39 Å². The number of rotatable bonds is 2. The second kappa shape index (κ2) is 5.36. The molecule has 0 spiro atoms. The fourth-order valence-corrected chi connectivity index (χ4v) is 2.37. The number of halogens is 1. The summed E-state index contributed by atoms with van der Waals surface area (Å²) in [7, 11) is 0. The monoisotopic (exact) mass is 257 g/mol. The Hall–Kier alpha value is -1.94. The zero-order valence-electron chi connectivity index (χ0n) is 10.6. The molecule has 1 aliphatic heterocycles. The molecule has 1 aromatic carbocycles. The minimum atomic E-state index is -0.158. The number of hydrogen-bond acceptors (Lipinski definition) is 3. The standard InChI is InChI=1S/C15H16FN3/c16-14-4-3-12(13-2-1-5-18-11-13)10-15(14)19-8-6-17-7-9-19/h1-5,10-11,17H,6-9H2. The van der Waals surface area contributed by atoms with Crippen molar-refractivity contribution in [2.24, 2.45) is 0 Å². The van der Waals surface area contributed by atoms with Crippen LogP contribution in [0.5, 0.6) is 0 Å². The van der Waals surface area contributed by atoms with Crippen molar-refractivity contribution in [3.8, 4) is 11.1 Å². The molecule has 1 fully saturated rings. The molecule has 0 amide bonds. The van der Waals surface area contributed by atoms with Crippen molar-refractivity contribution >= 4 is 5.69 Å². The van der Waals surface area contributed by atoms with E-state index >= 15 is 0 Å². The summed E-state index contributed by atoms with van der Waals surface area (Å²) in [4.78, 5) is 6.20. The van der Waals surface area contributed by atoms with Crippen molar-refractivity contribution in [3.63, 3.8) is 0 Å². The lowest BCUT2D eigenvalue weighted by Gasteiger charge is -2.30. The number of benzene rings is 1. The molecule has 4 heteroatoms. The van der Waals surface area contributed by atoms with Gasteiger partial charge in [-0.05, 0) is 23.8 Å². The normalized spacial score (nSPS) is 15.5. The van der Waals surface area contributed by atoms with Crippen LogP contribution in [0.3, 0.4) is 0 Å². The molecule has 1 N–H and O–H groups in total. The van der Waals surface area contributed by atoms with Gasteiger partial charge in [-0.15, -0.1) is 0 Å². The van der Waals surface area contributed by atoms with Crippen LogP contribution in [0.1, 0.15) is 0 Å². The molecule has 0 unspecified atom stereocenters. The maximum atomic E-state index is 14.0. The van der Waals surface area contributed by atoms with Crippen molar-refractivity contribution in [1.29, 1.82) is 0 Å². The number of nitrogens with zero attached hydrogens (tertiary/aromatic N) is 2. The van der Waals surface area contributed by atoms with E-state index in [1.807, 2.05) is 18.2 Å². The van der Waals surface area contributed by atoms with Gasteiger partial charge in [0.05, 0.1) is 5.69 Å². The van der Waals surface area contributed by atoms with Crippen molar-refractivity contribution in [2.45, 2.75) is 0 Å². The molecule has 0 bridgehead atoms. The van der Waals surface area contributed by atoms with Crippen LogP contribution in [0.2, 0.25) is 0 Å². The third-order valence-corrected chi connectivity index (χ3v) is 3.40. The van der Waals surface area contributed by atoms with Crippen LogP contribution in [0.25, 0.3) is 11.1 Å². The van der Waals surface area contributed by atoms with E-state index in [4.69, 9.17) is 0 Å². The predicted molar refractivity (Wildman–Crippen MR) is 74.7 cm³/mol. The minimum Gasteiger partial charge on any atom is -0.367 e. The lowest BCUT2D eigenvalue weighted by molar-refractivity contribution is 0.566. The highest BCUT2D eigenvalue weighted by molar-refractivity contribution is 5.68. The first-order valence-electron chi connectivity index (χ1n) is 6.50. The Morgan fingerprint density at radius 3 is 2.68 bits per heavy atom. The lowest BCUT2D eigenvalue weighted by atomic mass is 10.1. The maximum absolute atomic E-state index is 14.0. The molecule has 2 heterocycles. The van der Waals surface area contributed by atoms with Crippen molar-refractivity contribution in [2.75, 3.05) is 31.1 Å². The molecule has 0 aliphatic carbocycles. The number of nitrogens with one attached hydrogen (secondary N) is 1. The summed E-state index contributed by atoms with van der Waals surface area (Å²) in [6.45, 7) is 3.48. The maximum Gasteiger partial charge on any atom is 0.146 e. The molecule has 3 rings (SSSR count). The van der Waals surface area contributed by atoms with Gasteiger partial charge in [-0.3, -0.25) is 4.98 Å². The fourth-order valence-electron chi connectivity index (χ4n) is 2.37. The van der Waals surface area contributed by atoms with Crippen LogP contribution >= 0.6 is 0 Å². The Morgan fingerprint density at radius 1 is 1.11 bits per heavy atom. The van der Waals surface area contributed by atoms with Gasteiger partial charge in [0.2, 0.25) is 0 Å². The average Bonchev–Trinajstić information content (AvgIpc) is 2.49. The van der Waals surface area contributed by atoms with Gasteiger partial charge in [0.25, 0.3) is 0 Å². The van der Waals surface area contributed by atoms with E-state index in [0.717, 1.165) is 37.3 Å². The van der Waals surface area contributed by atoms with Crippen LogP contribution < -0.4 is 10.2 Å². The third kappa shape index (κ3) is 2.58. The van der Waals surface area contributed by atoms with E-state index in [9.17, 15) is 4.39 Å². The van der Waals surface area contributed by atoms with Crippen molar-refractivity contribution < 1.29 is 4.39 Å². The zero-order chi connectivity index (χ0) is 13.1. The number of piperazine rings is 1. The number of hydrogen-bond donors (Lipinski definition) is 1. The van der Waals surface area contributed by atoms with Crippen LogP contribution in [-0.4, -0.2) is 31.2 Å². The van der Waals surface area contributed by atoms with Crippen LogP contribution in [0.4, 0.5) is 10.1 Å². The van der Waals surface area contributed by atoms with E-state index in [0.29, 0.717) is 5.69 Å². The smallest absolute Gasteiger partial charge is 0.146 e. The van der Waals surface area contributed by atoms with Crippen molar-refractivity contribution in [1.82, 2.24) is 10.3 Å². The Labute approximate surface area is 112 Å². The Morgan fingerprint density at radius 2 is 1.95 bits per heavy atom. The molecular weight excluding hydrogens is 241 g/mol. The number of anilines is 1. The predicted octanol–water partition coefficient (Wildman–Crippen LogP) is 2.30. The number of aromatic nitrogens is 1. The van der Waals surface area contributed by atoms with Gasteiger partial charge in [-0.2, -0.15) is 0 Å². The highest BCUT2D eigenvalue weighted by Crippen LogP contribution is 2.27. The summed E-state index contributed by atoms with van der Waals surface area (Å²) in [6, 6.07) is 9.14. The molecule has 0 radical (unpaired) electrons. The van der Waals surface area contributed by atoms with E-state index in [1.165, 1.54) is 0 Å². The summed E-state index contributed by atoms with van der Waals surface area (Å²) in [5.41, 5.74) is 2.70. The van der Waals surface area contributed by atoms with Gasteiger partial charge in [0, 0.05) is 44.1 Å². The van der Waals surface area contributed by atoms with Gasteiger partial charge < -0.3 is 10.2 Å². The largest absolute Gasteiger partial charge is 0.367 e. The topological polar surface area (TPSA) is 28.2 Å². The molecule has 1 aliphatic rings. The molecule has 0 saturated carbocycles. The summed E-state index contributed by atoms with van der Waals surface area (Å²) in [5, 5.41) is 3.28. The quantitative estimate of drug-likeness (QED) is 0.894. The summed E-state index contributed by atoms with van der Waals surface area (Å²) >= 11 is 0. The Kier molecular flexibility index (Phi) is 3.42. The van der Waals surface area contributed by atoms with Gasteiger partial charge in [0.1, 0.15) is 5.82 Å². The van der Waals surface area contributed by atoms with E-state index in [-0.39, 0.29) is 5.82 Å². The summed E-state index contributed by atoms with van der Waals surface area (Å²) in [5.74, 6) is -0.158.